The van der Waals surface area contributed by atoms with Gasteiger partial charge in [0.05, 0.1) is 26.4 Å². The van der Waals surface area contributed by atoms with Gasteiger partial charge >= 0.3 is 13.8 Å². The minimum Gasteiger partial charge on any atom is -0.457 e. The summed E-state index contributed by atoms with van der Waals surface area (Å²) in [6, 6.07) is 0. The lowest BCUT2D eigenvalue weighted by atomic mass is 10.0. The van der Waals surface area contributed by atoms with Crippen molar-refractivity contribution in [1.29, 1.82) is 0 Å². The van der Waals surface area contributed by atoms with Gasteiger partial charge in [-0.15, -0.1) is 0 Å². The monoisotopic (exact) mass is 1030 g/mol. The van der Waals surface area contributed by atoms with Crippen LogP contribution >= 0.6 is 7.82 Å². The lowest BCUT2D eigenvalue weighted by molar-refractivity contribution is -0.154. The fourth-order valence-corrected chi connectivity index (χ4v) is 10.6. The number of aliphatic hydroxyl groups excluding tert-OH is 2. The Labute approximate surface area is 441 Å². The summed E-state index contributed by atoms with van der Waals surface area (Å²) in [6.45, 7) is 3.63. The molecule has 10 heteroatoms. The SMILES string of the molecule is CCCCCCCCCCCCCCCCCCCCCCCCCCCCCCCCCCC(=O)O[C@H](COCCCCCCCCCCCCCCCCCCCC)COP(=O)(O)OC[C@@H](O)CO. The number of unbranched alkanes of at least 4 members (excludes halogenated alkanes) is 48. The van der Waals surface area contributed by atoms with Crippen LogP contribution in [-0.4, -0.2) is 66.3 Å². The van der Waals surface area contributed by atoms with Crippen molar-refractivity contribution >= 4 is 13.8 Å². The maximum absolute atomic E-state index is 12.8. The molecule has 3 N–H and O–H groups in total. The highest BCUT2D eigenvalue weighted by Crippen LogP contribution is 2.43. The van der Waals surface area contributed by atoms with E-state index in [1.54, 1.807) is 0 Å². The fraction of sp³-hybridized carbons (Fsp3) is 0.984. The molecule has 0 amide bonds. The number of carbonyl (C=O) groups excluding carboxylic acids is 1. The van der Waals surface area contributed by atoms with Gasteiger partial charge in [-0.25, -0.2) is 4.57 Å². The molecular weight excluding hydrogens is 908 g/mol. The Morgan fingerprint density at radius 3 is 0.915 bits per heavy atom. The second kappa shape index (κ2) is 58.7. The maximum Gasteiger partial charge on any atom is 0.472 e. The highest BCUT2D eigenvalue weighted by Gasteiger charge is 2.26. The average Bonchev–Trinajstić information content (AvgIpc) is 3.36. The van der Waals surface area contributed by atoms with E-state index in [0.717, 1.165) is 32.1 Å². The second-order valence-electron chi connectivity index (χ2n) is 21.8. The van der Waals surface area contributed by atoms with Crippen molar-refractivity contribution in [3.05, 3.63) is 0 Å². The van der Waals surface area contributed by atoms with E-state index in [1.165, 1.54) is 289 Å². The summed E-state index contributed by atoms with van der Waals surface area (Å²) in [5.74, 6) is -0.370. The summed E-state index contributed by atoms with van der Waals surface area (Å²) in [5, 5.41) is 18.5. The molecule has 0 aliphatic rings. The normalized spacial score (nSPS) is 13.5. The topological polar surface area (TPSA) is 132 Å². The first-order valence-corrected chi connectivity index (χ1v) is 33.0. The molecule has 0 heterocycles. The quantitative estimate of drug-likeness (QED) is 0.0309. The van der Waals surface area contributed by atoms with Crippen LogP contribution in [0.3, 0.4) is 0 Å². The van der Waals surface area contributed by atoms with Gasteiger partial charge in [-0.2, -0.15) is 0 Å². The Morgan fingerprint density at radius 1 is 0.380 bits per heavy atom. The number of hydrogen-bond donors (Lipinski definition) is 3. The number of hydrogen-bond acceptors (Lipinski definition) is 8. The number of carbonyl (C=O) groups is 1. The molecule has 71 heavy (non-hydrogen) atoms. The molecule has 0 aromatic carbocycles. The van der Waals surface area contributed by atoms with Crippen LogP contribution in [0.1, 0.15) is 341 Å². The van der Waals surface area contributed by atoms with Crippen molar-refractivity contribution < 1.29 is 43.0 Å². The second-order valence-corrected chi connectivity index (χ2v) is 23.3. The number of rotatable bonds is 62. The smallest absolute Gasteiger partial charge is 0.457 e. The maximum atomic E-state index is 12.8. The molecule has 1 unspecified atom stereocenters. The summed E-state index contributed by atoms with van der Waals surface area (Å²) in [7, 11) is -4.52. The van der Waals surface area contributed by atoms with Gasteiger partial charge in [0.1, 0.15) is 12.2 Å². The van der Waals surface area contributed by atoms with Crippen molar-refractivity contribution in [2.24, 2.45) is 0 Å². The summed E-state index contributed by atoms with van der Waals surface area (Å²) in [5.41, 5.74) is 0. The summed E-state index contributed by atoms with van der Waals surface area (Å²) in [6.07, 6.45) is 65.4. The van der Waals surface area contributed by atoms with Gasteiger partial charge in [0.25, 0.3) is 0 Å². The molecule has 0 aliphatic carbocycles. The predicted molar refractivity (Wildman–Crippen MR) is 302 cm³/mol. The van der Waals surface area contributed by atoms with Crippen LogP contribution in [0.15, 0.2) is 0 Å². The van der Waals surface area contributed by atoms with E-state index in [4.69, 9.17) is 23.6 Å². The first kappa shape index (κ1) is 70.5. The Kier molecular flexibility index (Phi) is 58.3. The Hall–Kier alpha value is -0.540. The van der Waals surface area contributed by atoms with E-state index in [1.807, 2.05) is 0 Å². The van der Waals surface area contributed by atoms with E-state index in [2.05, 4.69) is 13.8 Å². The number of phosphoric ester groups is 1. The Balaban J connectivity index is 3.83. The van der Waals surface area contributed by atoms with E-state index in [-0.39, 0.29) is 25.6 Å². The van der Waals surface area contributed by atoms with Crippen molar-refractivity contribution in [2.45, 2.75) is 354 Å². The molecule has 0 aromatic heterocycles. The zero-order chi connectivity index (χ0) is 51.7. The van der Waals surface area contributed by atoms with Crippen LogP contribution in [0, 0.1) is 0 Å². The molecule has 0 spiro atoms. The molecule has 0 saturated carbocycles. The van der Waals surface area contributed by atoms with E-state index < -0.39 is 33.2 Å². The predicted octanol–water partition coefficient (Wildman–Crippen LogP) is 19.3. The molecular formula is C61H123O9P. The third-order valence-corrected chi connectivity index (χ3v) is 15.5. The fourth-order valence-electron chi connectivity index (χ4n) is 9.77. The largest absolute Gasteiger partial charge is 0.472 e. The van der Waals surface area contributed by atoms with Crippen molar-refractivity contribution in [2.75, 3.05) is 33.0 Å². The number of aliphatic hydroxyl groups is 2. The van der Waals surface area contributed by atoms with Gasteiger partial charge in [-0.05, 0) is 12.8 Å². The third-order valence-electron chi connectivity index (χ3n) is 14.5. The van der Waals surface area contributed by atoms with Crippen molar-refractivity contribution in [1.82, 2.24) is 0 Å². The van der Waals surface area contributed by atoms with E-state index in [9.17, 15) is 19.4 Å². The standard InChI is InChI=1S/C61H123O9P/c1-3-5-7-9-11-13-15-17-19-21-23-24-25-26-27-28-29-30-31-32-33-34-35-36-37-39-41-43-45-47-49-51-53-61(64)70-60(58-69-71(65,66)68-56-59(63)55-62)57-67-54-52-50-48-46-44-42-40-38-22-20-18-16-14-12-10-8-6-4-2/h59-60,62-63H,3-58H2,1-2H3,(H,65,66)/t59-,60+/m0/s1. The van der Waals surface area contributed by atoms with Crippen molar-refractivity contribution in [3.8, 4) is 0 Å². The minimum absolute atomic E-state index is 0.0591. The molecule has 0 aliphatic heterocycles. The van der Waals surface area contributed by atoms with Gasteiger partial charge < -0.3 is 24.6 Å². The molecule has 0 aromatic rings. The minimum atomic E-state index is -4.52. The van der Waals surface area contributed by atoms with Crippen molar-refractivity contribution in [3.63, 3.8) is 0 Å². The summed E-state index contributed by atoms with van der Waals surface area (Å²) in [4.78, 5) is 22.8. The zero-order valence-corrected chi connectivity index (χ0v) is 48.4. The average molecular weight is 1030 g/mol. The molecule has 3 atom stereocenters. The van der Waals surface area contributed by atoms with Crippen LogP contribution in [0.25, 0.3) is 0 Å². The number of esters is 1. The molecule has 9 nitrogen and oxygen atoms in total. The molecule has 0 bridgehead atoms. The van der Waals surface area contributed by atoms with Gasteiger partial charge in [-0.1, -0.05) is 322 Å². The van der Waals surface area contributed by atoms with Gasteiger partial charge in [0.15, 0.2) is 0 Å². The first-order valence-electron chi connectivity index (χ1n) is 31.5. The molecule has 426 valence electrons. The highest BCUT2D eigenvalue weighted by atomic mass is 31.2. The van der Waals surface area contributed by atoms with Gasteiger partial charge in [0, 0.05) is 13.0 Å². The van der Waals surface area contributed by atoms with E-state index >= 15 is 0 Å². The van der Waals surface area contributed by atoms with Gasteiger partial charge in [0.2, 0.25) is 0 Å². The van der Waals surface area contributed by atoms with Crippen LogP contribution in [0.5, 0.6) is 0 Å². The Bertz CT molecular complexity index is 1080. The van der Waals surface area contributed by atoms with E-state index in [0.29, 0.717) is 6.61 Å². The van der Waals surface area contributed by atoms with Crippen LogP contribution < -0.4 is 0 Å². The lowest BCUT2D eigenvalue weighted by Crippen LogP contribution is -2.29. The molecule has 0 fully saturated rings. The van der Waals surface area contributed by atoms with Gasteiger partial charge in [-0.3, -0.25) is 13.8 Å². The molecule has 0 rings (SSSR count). The number of phosphoric acid groups is 1. The summed E-state index contributed by atoms with van der Waals surface area (Å²) < 4.78 is 33.7. The van der Waals surface area contributed by atoms with Crippen LogP contribution in [-0.2, 0) is 27.9 Å². The zero-order valence-electron chi connectivity index (χ0n) is 47.5. The van der Waals surface area contributed by atoms with Crippen LogP contribution in [0.4, 0.5) is 0 Å². The highest BCUT2D eigenvalue weighted by molar-refractivity contribution is 7.47. The van der Waals surface area contributed by atoms with Crippen LogP contribution in [0.2, 0.25) is 0 Å². The number of ether oxygens (including phenoxy) is 2. The molecule has 0 radical (unpaired) electrons. The summed E-state index contributed by atoms with van der Waals surface area (Å²) >= 11 is 0. The first-order chi connectivity index (χ1) is 34.8. The molecule has 0 saturated heterocycles. The third kappa shape index (κ3) is 58.6. The Morgan fingerprint density at radius 2 is 0.634 bits per heavy atom. The lowest BCUT2D eigenvalue weighted by Gasteiger charge is -2.20.